The zero-order valence-corrected chi connectivity index (χ0v) is 13.4. The average molecular weight is 323 g/mol. The molecule has 0 aliphatic heterocycles. The molecule has 6 nitrogen and oxygen atoms in total. The lowest BCUT2D eigenvalue weighted by Crippen LogP contribution is -2.13. The number of nitrogens with two attached hydrogens (primary N) is 1. The second kappa shape index (κ2) is 6.54. The smallest absolute Gasteiger partial charge is 0.254 e. The van der Waals surface area contributed by atoms with E-state index in [9.17, 15) is 4.79 Å². The maximum absolute atomic E-state index is 11.5. The zero-order chi connectivity index (χ0) is 17.1. The molecule has 0 spiro atoms. The van der Waals surface area contributed by atoms with Crippen LogP contribution in [0, 0.1) is 13.8 Å². The Labute approximate surface area is 139 Å². The van der Waals surface area contributed by atoms with Crippen molar-refractivity contribution in [3.63, 3.8) is 0 Å². The van der Waals surface area contributed by atoms with E-state index < -0.39 is 5.91 Å². The minimum absolute atomic E-state index is 0.0581. The Balaban J connectivity index is 1.75. The van der Waals surface area contributed by atoms with E-state index in [-0.39, 0.29) is 6.61 Å². The molecule has 0 bridgehead atoms. The first-order chi connectivity index (χ1) is 11.5. The first kappa shape index (κ1) is 15.7. The maximum atomic E-state index is 11.5. The van der Waals surface area contributed by atoms with Gasteiger partial charge < -0.3 is 14.9 Å². The molecule has 3 aromatic rings. The predicted molar refractivity (Wildman–Crippen MR) is 88.5 cm³/mol. The Hall–Kier alpha value is -3.15. The van der Waals surface area contributed by atoms with Gasteiger partial charge in [-0.15, -0.1) is 10.2 Å². The number of primary amides is 1. The van der Waals surface area contributed by atoms with Gasteiger partial charge in [0, 0.05) is 5.56 Å². The number of carbonyl (C=O) groups is 1. The highest BCUT2D eigenvalue weighted by molar-refractivity contribution is 5.95. The van der Waals surface area contributed by atoms with Gasteiger partial charge in [0.1, 0.15) is 5.75 Å². The Morgan fingerprint density at radius 1 is 1.08 bits per heavy atom. The van der Waals surface area contributed by atoms with Crippen molar-refractivity contribution in [2.24, 2.45) is 5.73 Å². The van der Waals surface area contributed by atoms with Crippen LogP contribution in [0.25, 0.3) is 11.5 Å². The van der Waals surface area contributed by atoms with Gasteiger partial charge in [-0.2, -0.15) is 0 Å². The summed E-state index contributed by atoms with van der Waals surface area (Å²) in [5.41, 5.74) is 8.63. The molecule has 2 aromatic carbocycles. The van der Waals surface area contributed by atoms with Crippen LogP contribution in [0.5, 0.6) is 5.75 Å². The van der Waals surface area contributed by atoms with Gasteiger partial charge in [-0.3, -0.25) is 4.79 Å². The largest absolute Gasteiger partial charge is 0.483 e. The third-order valence-electron chi connectivity index (χ3n) is 3.52. The Morgan fingerprint density at radius 2 is 1.79 bits per heavy atom. The van der Waals surface area contributed by atoms with E-state index in [4.69, 9.17) is 14.9 Å². The minimum atomic E-state index is -0.545. The van der Waals surface area contributed by atoms with Crippen LogP contribution in [0.3, 0.4) is 0 Å². The van der Waals surface area contributed by atoms with E-state index in [1.165, 1.54) is 0 Å². The molecule has 0 saturated carbocycles. The van der Waals surface area contributed by atoms with Gasteiger partial charge in [-0.1, -0.05) is 23.8 Å². The standard InChI is InChI=1S/C18H17N3O3/c1-11-3-6-13(7-4-11)18-21-20-16(24-18)10-23-15-9-12(2)5-8-14(15)17(19)22/h3-9H,10H2,1-2H3,(H2,19,22). The van der Waals surface area contributed by atoms with Crippen molar-refractivity contribution in [1.29, 1.82) is 0 Å². The average Bonchev–Trinajstić information content (AvgIpc) is 3.02. The van der Waals surface area contributed by atoms with E-state index in [1.807, 2.05) is 38.1 Å². The molecule has 1 heterocycles. The Morgan fingerprint density at radius 3 is 2.50 bits per heavy atom. The fourth-order valence-electron chi connectivity index (χ4n) is 2.22. The van der Waals surface area contributed by atoms with E-state index in [2.05, 4.69) is 10.2 Å². The van der Waals surface area contributed by atoms with E-state index in [1.54, 1.807) is 18.2 Å². The summed E-state index contributed by atoms with van der Waals surface area (Å²) in [7, 11) is 0. The first-order valence-electron chi connectivity index (χ1n) is 7.45. The van der Waals surface area contributed by atoms with Crippen molar-refractivity contribution < 1.29 is 13.9 Å². The van der Waals surface area contributed by atoms with Crippen LogP contribution in [0.2, 0.25) is 0 Å². The number of aromatic nitrogens is 2. The molecule has 1 amide bonds. The van der Waals surface area contributed by atoms with E-state index in [0.29, 0.717) is 23.1 Å². The number of nitrogens with zero attached hydrogens (tertiary/aromatic N) is 2. The number of ether oxygens (including phenoxy) is 1. The highest BCUT2D eigenvalue weighted by atomic mass is 16.5. The molecule has 0 atom stereocenters. The van der Waals surface area contributed by atoms with Gasteiger partial charge in [0.25, 0.3) is 11.8 Å². The molecule has 3 rings (SSSR count). The molecule has 1 aromatic heterocycles. The fourth-order valence-corrected chi connectivity index (χ4v) is 2.22. The van der Waals surface area contributed by atoms with Gasteiger partial charge in [-0.25, -0.2) is 0 Å². The topological polar surface area (TPSA) is 91.2 Å². The van der Waals surface area contributed by atoms with Gasteiger partial charge in [0.15, 0.2) is 6.61 Å². The summed E-state index contributed by atoms with van der Waals surface area (Å²) < 4.78 is 11.2. The first-order valence-corrected chi connectivity index (χ1v) is 7.45. The van der Waals surface area contributed by atoms with Crippen molar-refractivity contribution in [1.82, 2.24) is 10.2 Å². The van der Waals surface area contributed by atoms with Crippen molar-refractivity contribution in [2.75, 3.05) is 0 Å². The molecule has 2 N–H and O–H groups in total. The van der Waals surface area contributed by atoms with Crippen molar-refractivity contribution in [3.8, 4) is 17.2 Å². The number of carbonyl (C=O) groups excluding carboxylic acids is 1. The fraction of sp³-hybridized carbons (Fsp3) is 0.167. The van der Waals surface area contributed by atoms with Crippen LogP contribution in [0.1, 0.15) is 27.4 Å². The highest BCUT2D eigenvalue weighted by Gasteiger charge is 2.13. The van der Waals surface area contributed by atoms with Gasteiger partial charge in [-0.05, 0) is 43.7 Å². The second-order valence-electron chi connectivity index (χ2n) is 5.52. The normalized spacial score (nSPS) is 10.6. The molecule has 0 aliphatic rings. The van der Waals surface area contributed by atoms with Crippen LogP contribution in [-0.2, 0) is 6.61 Å². The second-order valence-corrected chi connectivity index (χ2v) is 5.52. The SMILES string of the molecule is Cc1ccc(-c2nnc(COc3cc(C)ccc3C(N)=O)o2)cc1. The van der Waals surface area contributed by atoms with Gasteiger partial charge >= 0.3 is 0 Å². The van der Waals surface area contributed by atoms with E-state index in [0.717, 1.165) is 16.7 Å². The quantitative estimate of drug-likeness (QED) is 0.779. The molecular formula is C18H17N3O3. The van der Waals surface area contributed by atoms with Crippen molar-refractivity contribution >= 4 is 5.91 Å². The Bertz CT molecular complexity index is 869. The molecular weight excluding hydrogens is 306 g/mol. The number of amides is 1. The van der Waals surface area contributed by atoms with Gasteiger partial charge in [0.05, 0.1) is 5.56 Å². The van der Waals surface area contributed by atoms with Gasteiger partial charge in [0.2, 0.25) is 5.89 Å². The molecule has 0 unspecified atom stereocenters. The lowest BCUT2D eigenvalue weighted by atomic mass is 10.1. The molecule has 0 aliphatic carbocycles. The summed E-state index contributed by atoms with van der Waals surface area (Å²) in [5.74, 6) is 0.601. The lowest BCUT2D eigenvalue weighted by Gasteiger charge is -2.08. The number of benzene rings is 2. The third-order valence-corrected chi connectivity index (χ3v) is 3.52. The molecule has 122 valence electrons. The number of hydrogen-bond donors (Lipinski definition) is 1. The van der Waals surface area contributed by atoms with Crippen LogP contribution in [0.15, 0.2) is 46.9 Å². The Kier molecular flexibility index (Phi) is 4.29. The minimum Gasteiger partial charge on any atom is -0.483 e. The summed E-state index contributed by atoms with van der Waals surface area (Å²) >= 11 is 0. The number of hydrogen-bond acceptors (Lipinski definition) is 5. The molecule has 6 heteroatoms. The number of rotatable bonds is 5. The highest BCUT2D eigenvalue weighted by Crippen LogP contribution is 2.22. The molecule has 0 fully saturated rings. The summed E-state index contributed by atoms with van der Waals surface area (Å²) in [6.45, 7) is 3.97. The van der Waals surface area contributed by atoms with Crippen molar-refractivity contribution in [2.45, 2.75) is 20.5 Å². The predicted octanol–water partition coefficient (Wildman–Crippen LogP) is 3.03. The van der Waals surface area contributed by atoms with Crippen LogP contribution < -0.4 is 10.5 Å². The molecule has 0 radical (unpaired) electrons. The van der Waals surface area contributed by atoms with Crippen LogP contribution in [-0.4, -0.2) is 16.1 Å². The third kappa shape index (κ3) is 3.43. The summed E-state index contributed by atoms with van der Waals surface area (Å²) in [6, 6.07) is 13.0. The zero-order valence-electron chi connectivity index (χ0n) is 13.4. The van der Waals surface area contributed by atoms with Crippen LogP contribution >= 0.6 is 0 Å². The summed E-state index contributed by atoms with van der Waals surface area (Å²) in [6.07, 6.45) is 0. The maximum Gasteiger partial charge on any atom is 0.254 e. The lowest BCUT2D eigenvalue weighted by molar-refractivity contribution is 0.0995. The number of aryl methyl sites for hydroxylation is 2. The summed E-state index contributed by atoms with van der Waals surface area (Å²) in [4.78, 5) is 11.5. The summed E-state index contributed by atoms with van der Waals surface area (Å²) in [5, 5.41) is 7.98. The monoisotopic (exact) mass is 323 g/mol. The molecule has 0 saturated heterocycles. The van der Waals surface area contributed by atoms with E-state index >= 15 is 0 Å². The van der Waals surface area contributed by atoms with Crippen LogP contribution in [0.4, 0.5) is 0 Å². The molecule has 24 heavy (non-hydrogen) atoms. The van der Waals surface area contributed by atoms with Crippen molar-refractivity contribution in [3.05, 3.63) is 65.0 Å².